The van der Waals surface area contributed by atoms with Gasteiger partial charge in [-0.05, 0) is 20.3 Å². The maximum Gasteiger partial charge on any atom is 0.223 e. The van der Waals surface area contributed by atoms with Crippen molar-refractivity contribution in [1.29, 1.82) is 0 Å². The minimum Gasteiger partial charge on any atom is -0.368 e. The van der Waals surface area contributed by atoms with E-state index in [9.17, 15) is 4.57 Å². The lowest BCUT2D eigenvalue weighted by Gasteiger charge is -2.15. The van der Waals surface area contributed by atoms with Crippen molar-refractivity contribution in [3.63, 3.8) is 0 Å². The SMILES string of the molecule is C[C@H]1O[C@@H](CCP(C)(C)=O)OC1n1cnc2c(Cl)nc(N)nc21. The fraction of sp³-hybridized carbons (Fsp3) is 0.615. The van der Waals surface area contributed by atoms with E-state index < -0.39 is 19.7 Å². The van der Waals surface area contributed by atoms with E-state index in [4.69, 9.17) is 26.8 Å². The van der Waals surface area contributed by atoms with Crippen LogP contribution in [-0.2, 0) is 14.0 Å². The van der Waals surface area contributed by atoms with E-state index in [2.05, 4.69) is 15.0 Å². The molecule has 1 fully saturated rings. The van der Waals surface area contributed by atoms with Gasteiger partial charge in [0.2, 0.25) is 5.95 Å². The normalized spacial score (nSPS) is 25.3. The molecule has 10 heteroatoms. The quantitative estimate of drug-likeness (QED) is 0.659. The molecule has 0 spiro atoms. The largest absolute Gasteiger partial charge is 0.368 e. The number of imidazole rings is 1. The summed E-state index contributed by atoms with van der Waals surface area (Å²) in [6, 6.07) is 0. The van der Waals surface area contributed by atoms with E-state index in [0.29, 0.717) is 23.7 Å². The molecule has 8 nitrogen and oxygen atoms in total. The number of halogens is 1. The molecule has 0 aliphatic carbocycles. The highest BCUT2D eigenvalue weighted by atomic mass is 35.5. The summed E-state index contributed by atoms with van der Waals surface area (Å²) in [5, 5.41) is 0.201. The van der Waals surface area contributed by atoms with E-state index in [1.54, 1.807) is 24.2 Å². The highest BCUT2D eigenvalue weighted by Crippen LogP contribution is 2.39. The summed E-state index contributed by atoms with van der Waals surface area (Å²) >= 11 is 6.04. The second kappa shape index (κ2) is 6.02. The Morgan fingerprint density at radius 3 is 2.83 bits per heavy atom. The lowest BCUT2D eigenvalue weighted by Crippen LogP contribution is -2.17. The molecule has 0 bridgehead atoms. The third-order valence-electron chi connectivity index (χ3n) is 3.63. The number of hydrogen-bond donors (Lipinski definition) is 1. The number of fused-ring (bicyclic) bond motifs is 1. The average molecular weight is 360 g/mol. The van der Waals surface area contributed by atoms with Crippen LogP contribution in [0.25, 0.3) is 11.2 Å². The van der Waals surface area contributed by atoms with E-state index in [1.165, 1.54) is 0 Å². The zero-order chi connectivity index (χ0) is 16.8. The monoisotopic (exact) mass is 359 g/mol. The summed E-state index contributed by atoms with van der Waals surface area (Å²) in [6.45, 7) is 5.42. The van der Waals surface area contributed by atoms with Crippen LogP contribution in [-0.4, -0.2) is 51.4 Å². The number of nitrogens with zero attached hydrogens (tertiary/aromatic N) is 4. The van der Waals surface area contributed by atoms with E-state index in [-0.39, 0.29) is 17.2 Å². The molecule has 2 aromatic rings. The van der Waals surface area contributed by atoms with Gasteiger partial charge in [0, 0.05) is 12.6 Å². The van der Waals surface area contributed by atoms with Gasteiger partial charge in [0.1, 0.15) is 11.6 Å². The molecule has 0 amide bonds. The number of nitrogen functional groups attached to an aromatic ring is 1. The van der Waals surface area contributed by atoms with Crippen molar-refractivity contribution < 1.29 is 14.0 Å². The maximum atomic E-state index is 11.8. The zero-order valence-corrected chi connectivity index (χ0v) is 14.8. The van der Waals surface area contributed by atoms with Crippen molar-refractivity contribution >= 4 is 35.9 Å². The molecule has 3 atom stereocenters. The predicted octanol–water partition coefficient (Wildman–Crippen LogP) is 2.33. The van der Waals surface area contributed by atoms with Crippen molar-refractivity contribution in [3.05, 3.63) is 11.5 Å². The molecule has 0 aromatic carbocycles. The minimum atomic E-state index is -2.10. The molecule has 2 N–H and O–H groups in total. The van der Waals surface area contributed by atoms with E-state index in [1.807, 2.05) is 6.92 Å². The maximum absolute atomic E-state index is 11.8. The van der Waals surface area contributed by atoms with E-state index in [0.717, 1.165) is 0 Å². The molecule has 0 radical (unpaired) electrons. The van der Waals surface area contributed by atoms with Crippen LogP contribution in [0, 0.1) is 0 Å². The first kappa shape index (κ1) is 16.6. The Hall–Kier alpha value is -1.21. The average Bonchev–Trinajstić information content (AvgIpc) is 2.99. The fourth-order valence-electron chi connectivity index (χ4n) is 2.53. The number of anilines is 1. The predicted molar refractivity (Wildman–Crippen MR) is 88.1 cm³/mol. The van der Waals surface area contributed by atoms with Gasteiger partial charge in [-0.25, -0.2) is 4.98 Å². The van der Waals surface area contributed by atoms with Crippen LogP contribution in [0.2, 0.25) is 5.15 Å². The number of rotatable bonds is 4. The lowest BCUT2D eigenvalue weighted by atomic mass is 10.3. The van der Waals surface area contributed by atoms with Gasteiger partial charge in [-0.2, -0.15) is 9.97 Å². The first-order valence-electron chi connectivity index (χ1n) is 7.25. The molecule has 3 rings (SSSR count). The Labute approximate surface area is 138 Å². The molecule has 1 unspecified atom stereocenters. The van der Waals surface area contributed by atoms with Crippen LogP contribution >= 0.6 is 18.7 Å². The summed E-state index contributed by atoms with van der Waals surface area (Å²) in [6.07, 6.45) is 1.72. The summed E-state index contributed by atoms with van der Waals surface area (Å²) in [7, 11) is -2.10. The molecule has 1 aliphatic rings. The number of hydrogen-bond acceptors (Lipinski definition) is 7. The van der Waals surface area contributed by atoms with Gasteiger partial charge in [0.05, 0.1) is 13.5 Å². The number of nitrogens with two attached hydrogens (primary N) is 1. The van der Waals surface area contributed by atoms with Crippen molar-refractivity contribution in [2.75, 3.05) is 25.2 Å². The minimum absolute atomic E-state index is 0.0743. The van der Waals surface area contributed by atoms with Gasteiger partial charge in [-0.1, -0.05) is 11.6 Å². The number of aromatic nitrogens is 4. The topological polar surface area (TPSA) is 105 Å². The highest BCUT2D eigenvalue weighted by Gasteiger charge is 2.36. The van der Waals surface area contributed by atoms with Crippen LogP contribution in [0.3, 0.4) is 0 Å². The van der Waals surface area contributed by atoms with Crippen LogP contribution in [0.4, 0.5) is 5.95 Å². The smallest absolute Gasteiger partial charge is 0.223 e. The zero-order valence-electron chi connectivity index (χ0n) is 13.1. The molecule has 0 saturated carbocycles. The van der Waals surface area contributed by atoms with Crippen molar-refractivity contribution in [3.8, 4) is 0 Å². The van der Waals surface area contributed by atoms with Crippen LogP contribution in [0.1, 0.15) is 19.6 Å². The molecule has 1 saturated heterocycles. The molecule has 3 heterocycles. The van der Waals surface area contributed by atoms with Gasteiger partial charge in [0.15, 0.2) is 23.3 Å². The van der Waals surface area contributed by atoms with Gasteiger partial charge in [0.25, 0.3) is 0 Å². The Morgan fingerprint density at radius 1 is 1.39 bits per heavy atom. The molecule has 2 aromatic heterocycles. The van der Waals surface area contributed by atoms with Crippen LogP contribution in [0.5, 0.6) is 0 Å². The molecule has 126 valence electrons. The highest BCUT2D eigenvalue weighted by molar-refractivity contribution is 7.62. The van der Waals surface area contributed by atoms with Crippen molar-refractivity contribution in [2.45, 2.75) is 32.0 Å². The second-order valence-electron chi connectivity index (χ2n) is 6.08. The van der Waals surface area contributed by atoms with Gasteiger partial charge in [-0.3, -0.25) is 4.57 Å². The van der Waals surface area contributed by atoms with E-state index >= 15 is 0 Å². The number of ether oxygens (including phenoxy) is 2. The third-order valence-corrected chi connectivity index (χ3v) is 5.23. The third kappa shape index (κ3) is 3.50. The Kier molecular flexibility index (Phi) is 4.35. The Balaban J connectivity index is 1.84. The first-order valence-corrected chi connectivity index (χ1v) is 10.4. The molecule has 1 aliphatic heterocycles. The standard InChI is InChI=1S/C13H19ClN5O3P/c1-7-12(22-8(21-7)4-5-23(2,3)20)19-6-16-9-10(14)17-13(15)18-11(9)19/h6-8,12H,4-5H2,1-3H3,(H2,15,17,18)/t7-,8-,12?/m1/s1. The summed E-state index contributed by atoms with van der Waals surface area (Å²) < 4.78 is 25.3. The van der Waals surface area contributed by atoms with Crippen molar-refractivity contribution in [1.82, 2.24) is 19.5 Å². The second-order valence-corrected chi connectivity index (χ2v) is 10.0. The fourth-order valence-corrected chi connectivity index (χ4v) is 3.59. The summed E-state index contributed by atoms with van der Waals surface area (Å²) in [5.41, 5.74) is 6.62. The van der Waals surface area contributed by atoms with Gasteiger partial charge >= 0.3 is 0 Å². The van der Waals surface area contributed by atoms with Gasteiger partial charge < -0.3 is 19.8 Å². The summed E-state index contributed by atoms with van der Waals surface area (Å²) in [4.78, 5) is 12.3. The molecule has 23 heavy (non-hydrogen) atoms. The Morgan fingerprint density at radius 2 is 2.13 bits per heavy atom. The van der Waals surface area contributed by atoms with Crippen LogP contribution < -0.4 is 5.73 Å². The van der Waals surface area contributed by atoms with Gasteiger partial charge in [-0.15, -0.1) is 0 Å². The van der Waals surface area contributed by atoms with Crippen LogP contribution in [0.15, 0.2) is 6.33 Å². The lowest BCUT2D eigenvalue weighted by molar-refractivity contribution is -0.0744. The Bertz CT molecular complexity index is 776. The molecular formula is C13H19ClN5O3P. The van der Waals surface area contributed by atoms with Crippen molar-refractivity contribution in [2.24, 2.45) is 0 Å². The summed E-state index contributed by atoms with van der Waals surface area (Å²) in [5.74, 6) is 0.0743. The first-order chi connectivity index (χ1) is 10.7. The molecular weight excluding hydrogens is 341 g/mol.